The van der Waals surface area contributed by atoms with Crippen molar-refractivity contribution in [2.45, 2.75) is 13.3 Å². The molecule has 0 unspecified atom stereocenters. The highest BCUT2D eigenvalue weighted by Gasteiger charge is 2.27. The maximum Gasteiger partial charge on any atom is 0.289 e. The van der Waals surface area contributed by atoms with Gasteiger partial charge in [0.25, 0.3) is 11.8 Å². The molecule has 1 aliphatic heterocycles. The molecule has 3 aromatic rings. The number of hydrogen-bond donors (Lipinski definition) is 0. The third kappa shape index (κ3) is 3.62. The van der Waals surface area contributed by atoms with Crippen LogP contribution in [0.4, 0.5) is 0 Å². The minimum atomic E-state index is -0.160. The Balaban J connectivity index is 1.41. The van der Waals surface area contributed by atoms with Crippen molar-refractivity contribution in [2.75, 3.05) is 26.2 Å². The third-order valence-corrected chi connectivity index (χ3v) is 5.39. The van der Waals surface area contributed by atoms with Crippen LogP contribution in [0.15, 0.2) is 52.9 Å². The molecular formula is C22H21ClN2O3. The Kier molecular flexibility index (Phi) is 5.09. The lowest BCUT2D eigenvalue weighted by atomic mass is 10.1. The van der Waals surface area contributed by atoms with E-state index in [0.717, 1.165) is 11.8 Å². The van der Waals surface area contributed by atoms with E-state index in [2.05, 4.69) is 6.92 Å². The van der Waals surface area contributed by atoms with Gasteiger partial charge in [0.15, 0.2) is 5.76 Å². The number of nitrogens with zero attached hydrogens (tertiary/aromatic N) is 2. The molecule has 4 rings (SSSR count). The van der Waals surface area contributed by atoms with Crippen LogP contribution in [0.25, 0.3) is 11.0 Å². The summed E-state index contributed by atoms with van der Waals surface area (Å²) in [6, 6.07) is 14.7. The average Bonchev–Trinajstić information content (AvgIpc) is 3.16. The monoisotopic (exact) mass is 396 g/mol. The Morgan fingerprint density at radius 3 is 2.21 bits per heavy atom. The van der Waals surface area contributed by atoms with Crippen LogP contribution in [-0.2, 0) is 6.42 Å². The summed E-state index contributed by atoms with van der Waals surface area (Å²) < 4.78 is 5.67. The summed E-state index contributed by atoms with van der Waals surface area (Å²) in [5.41, 5.74) is 2.53. The Morgan fingerprint density at radius 2 is 1.57 bits per heavy atom. The largest absolute Gasteiger partial charge is 0.451 e. The van der Waals surface area contributed by atoms with E-state index in [0.29, 0.717) is 48.1 Å². The number of aryl methyl sites for hydroxylation is 1. The van der Waals surface area contributed by atoms with Gasteiger partial charge in [-0.15, -0.1) is 0 Å². The molecule has 5 nitrogen and oxygen atoms in total. The fourth-order valence-electron chi connectivity index (χ4n) is 3.45. The van der Waals surface area contributed by atoms with E-state index in [1.165, 1.54) is 5.56 Å². The zero-order valence-electron chi connectivity index (χ0n) is 15.7. The first kappa shape index (κ1) is 18.6. The maximum absolute atomic E-state index is 12.8. The molecule has 0 N–H and O–H groups in total. The second-order valence-electron chi connectivity index (χ2n) is 6.93. The number of carbonyl (C=O) groups excluding carboxylic acids is 2. The first-order chi connectivity index (χ1) is 13.5. The SMILES string of the molecule is CCc1ccc(C(=O)N2CCN(C(=O)c3cc4cc(Cl)ccc4o3)CC2)cc1. The van der Waals surface area contributed by atoms with Crippen LogP contribution in [0, 0.1) is 0 Å². The summed E-state index contributed by atoms with van der Waals surface area (Å²) in [5, 5.41) is 1.41. The Morgan fingerprint density at radius 1 is 0.929 bits per heavy atom. The van der Waals surface area contributed by atoms with Gasteiger partial charge in [-0.2, -0.15) is 0 Å². The number of furan rings is 1. The molecule has 1 aromatic heterocycles. The van der Waals surface area contributed by atoms with E-state index in [1.54, 1.807) is 34.1 Å². The molecule has 0 atom stereocenters. The lowest BCUT2D eigenvalue weighted by molar-refractivity contribution is 0.0519. The number of halogens is 1. The van der Waals surface area contributed by atoms with Gasteiger partial charge in [-0.25, -0.2) is 0 Å². The van der Waals surface area contributed by atoms with Crippen LogP contribution in [0.1, 0.15) is 33.4 Å². The molecule has 2 amide bonds. The summed E-state index contributed by atoms with van der Waals surface area (Å²) in [5.74, 6) is 0.145. The van der Waals surface area contributed by atoms with Gasteiger partial charge in [0, 0.05) is 42.2 Å². The number of benzene rings is 2. The molecule has 0 radical (unpaired) electrons. The van der Waals surface area contributed by atoms with Gasteiger partial charge in [-0.1, -0.05) is 30.7 Å². The Bertz CT molecular complexity index is 1020. The van der Waals surface area contributed by atoms with E-state index in [9.17, 15) is 9.59 Å². The van der Waals surface area contributed by atoms with Crippen molar-refractivity contribution in [2.24, 2.45) is 0 Å². The van der Waals surface area contributed by atoms with Crippen LogP contribution in [0.3, 0.4) is 0 Å². The molecule has 0 bridgehead atoms. The van der Waals surface area contributed by atoms with Crippen molar-refractivity contribution >= 4 is 34.4 Å². The Labute approximate surface area is 168 Å². The minimum Gasteiger partial charge on any atom is -0.451 e. The van der Waals surface area contributed by atoms with Gasteiger partial charge in [-0.3, -0.25) is 9.59 Å². The molecule has 1 aliphatic rings. The molecule has 0 aliphatic carbocycles. The van der Waals surface area contributed by atoms with Crippen molar-refractivity contribution in [1.29, 1.82) is 0 Å². The van der Waals surface area contributed by atoms with Gasteiger partial charge in [0.05, 0.1) is 0 Å². The zero-order chi connectivity index (χ0) is 19.7. The number of carbonyl (C=O) groups is 2. The molecule has 6 heteroatoms. The third-order valence-electron chi connectivity index (χ3n) is 5.15. The van der Waals surface area contributed by atoms with Gasteiger partial charge in [0.2, 0.25) is 0 Å². The summed E-state index contributed by atoms with van der Waals surface area (Å²) >= 11 is 5.99. The average molecular weight is 397 g/mol. The van der Waals surface area contributed by atoms with Gasteiger partial charge >= 0.3 is 0 Å². The normalized spacial score (nSPS) is 14.5. The number of rotatable bonds is 3. The van der Waals surface area contributed by atoms with Crippen LogP contribution >= 0.6 is 11.6 Å². The van der Waals surface area contributed by atoms with Crippen molar-refractivity contribution < 1.29 is 14.0 Å². The second-order valence-corrected chi connectivity index (χ2v) is 7.36. The first-order valence-electron chi connectivity index (χ1n) is 9.42. The van der Waals surface area contributed by atoms with Crippen LogP contribution in [0.2, 0.25) is 5.02 Å². The number of fused-ring (bicyclic) bond motifs is 1. The highest BCUT2D eigenvalue weighted by atomic mass is 35.5. The molecule has 144 valence electrons. The van der Waals surface area contributed by atoms with Crippen molar-refractivity contribution in [3.63, 3.8) is 0 Å². The molecule has 2 heterocycles. The molecule has 1 fully saturated rings. The van der Waals surface area contributed by atoms with Gasteiger partial charge in [-0.05, 0) is 48.4 Å². The van der Waals surface area contributed by atoms with Crippen molar-refractivity contribution in [3.8, 4) is 0 Å². The molecule has 0 saturated carbocycles. The summed E-state index contributed by atoms with van der Waals surface area (Å²) in [4.78, 5) is 29.0. The van der Waals surface area contributed by atoms with Crippen LogP contribution in [0.5, 0.6) is 0 Å². The predicted octanol–water partition coefficient (Wildman–Crippen LogP) is 4.25. The summed E-state index contributed by atoms with van der Waals surface area (Å²) in [6.07, 6.45) is 0.948. The number of piperazine rings is 1. The lowest BCUT2D eigenvalue weighted by Gasteiger charge is -2.34. The topological polar surface area (TPSA) is 53.8 Å². The van der Waals surface area contributed by atoms with Gasteiger partial charge in [0.1, 0.15) is 5.58 Å². The number of hydrogen-bond acceptors (Lipinski definition) is 3. The zero-order valence-corrected chi connectivity index (χ0v) is 16.4. The highest BCUT2D eigenvalue weighted by Crippen LogP contribution is 2.24. The van der Waals surface area contributed by atoms with E-state index in [4.69, 9.17) is 16.0 Å². The number of amides is 2. The molecule has 28 heavy (non-hydrogen) atoms. The molecule has 1 saturated heterocycles. The predicted molar refractivity (Wildman–Crippen MR) is 109 cm³/mol. The van der Waals surface area contributed by atoms with Crippen molar-refractivity contribution in [1.82, 2.24) is 9.80 Å². The molecule has 2 aromatic carbocycles. The van der Waals surface area contributed by atoms with Crippen molar-refractivity contribution in [3.05, 3.63) is 70.4 Å². The standard InChI is InChI=1S/C22H21ClN2O3/c1-2-15-3-5-16(6-4-15)21(26)24-9-11-25(12-10-24)22(27)20-14-17-13-18(23)7-8-19(17)28-20/h3-8,13-14H,2,9-12H2,1H3. The fourth-order valence-corrected chi connectivity index (χ4v) is 3.63. The first-order valence-corrected chi connectivity index (χ1v) is 9.79. The molecule has 0 spiro atoms. The van der Waals surface area contributed by atoms with E-state index in [1.807, 2.05) is 24.3 Å². The van der Waals surface area contributed by atoms with Crippen LogP contribution in [-0.4, -0.2) is 47.8 Å². The van der Waals surface area contributed by atoms with Gasteiger partial charge < -0.3 is 14.2 Å². The summed E-state index contributed by atoms with van der Waals surface area (Å²) in [6.45, 7) is 4.06. The molecular weight excluding hydrogens is 376 g/mol. The quantitative estimate of drug-likeness (QED) is 0.665. The smallest absolute Gasteiger partial charge is 0.289 e. The van der Waals surface area contributed by atoms with Crippen LogP contribution < -0.4 is 0 Å². The summed E-state index contributed by atoms with van der Waals surface area (Å²) in [7, 11) is 0. The lowest BCUT2D eigenvalue weighted by Crippen LogP contribution is -2.50. The highest BCUT2D eigenvalue weighted by molar-refractivity contribution is 6.31. The minimum absolute atomic E-state index is 0.00753. The Hall–Kier alpha value is -2.79. The second kappa shape index (κ2) is 7.68. The maximum atomic E-state index is 12.8. The van der Waals surface area contributed by atoms with E-state index < -0.39 is 0 Å². The van der Waals surface area contributed by atoms with E-state index in [-0.39, 0.29) is 11.8 Å². The van der Waals surface area contributed by atoms with E-state index >= 15 is 0 Å². The fraction of sp³-hybridized carbons (Fsp3) is 0.273.